The monoisotopic (exact) mass is 336 g/mol. The van der Waals surface area contributed by atoms with Crippen molar-refractivity contribution >= 4 is 0 Å². The molecular weight excluding hydrogens is 292 g/mol. The number of nitrogens with two attached hydrogens (primary N) is 2. The standard InChI is InChI=1S/C22H44N2/c23-21(17-13-9-5-1-2-6-10-14-18-21)22(24)19-15-11-7-3-4-8-12-16-20-22/h1-20,23-24H2. The van der Waals surface area contributed by atoms with Crippen LogP contribution in [0.3, 0.4) is 0 Å². The van der Waals surface area contributed by atoms with E-state index in [1.807, 2.05) is 0 Å². The van der Waals surface area contributed by atoms with Gasteiger partial charge in [-0.25, -0.2) is 0 Å². The predicted octanol–water partition coefficient (Wildman–Crippen LogP) is 6.21. The Morgan fingerprint density at radius 1 is 0.292 bits per heavy atom. The van der Waals surface area contributed by atoms with E-state index in [9.17, 15) is 0 Å². The van der Waals surface area contributed by atoms with Crippen molar-refractivity contribution < 1.29 is 0 Å². The summed E-state index contributed by atoms with van der Waals surface area (Å²) in [7, 11) is 0. The molecule has 2 saturated carbocycles. The van der Waals surface area contributed by atoms with Gasteiger partial charge in [0.25, 0.3) is 0 Å². The lowest BCUT2D eigenvalue weighted by Crippen LogP contribution is -2.65. The average molecular weight is 337 g/mol. The molecule has 0 atom stereocenters. The maximum absolute atomic E-state index is 7.13. The van der Waals surface area contributed by atoms with Gasteiger partial charge in [-0.05, 0) is 25.7 Å². The zero-order chi connectivity index (χ0) is 17.1. The van der Waals surface area contributed by atoms with Gasteiger partial charge in [-0.15, -0.1) is 0 Å². The third kappa shape index (κ3) is 6.33. The second-order valence-corrected chi connectivity index (χ2v) is 8.97. The van der Waals surface area contributed by atoms with E-state index in [0.717, 1.165) is 25.7 Å². The summed E-state index contributed by atoms with van der Waals surface area (Å²) in [4.78, 5) is 0. The maximum atomic E-state index is 7.13. The third-order valence-electron chi connectivity index (χ3n) is 6.98. The number of hydrogen-bond acceptors (Lipinski definition) is 2. The molecule has 0 bridgehead atoms. The molecule has 0 aromatic rings. The minimum atomic E-state index is -0.120. The van der Waals surface area contributed by atoms with Crippen LogP contribution in [0, 0.1) is 0 Å². The van der Waals surface area contributed by atoms with Crippen LogP contribution in [0.5, 0.6) is 0 Å². The topological polar surface area (TPSA) is 52.0 Å². The van der Waals surface area contributed by atoms with E-state index in [-0.39, 0.29) is 11.1 Å². The van der Waals surface area contributed by atoms with E-state index >= 15 is 0 Å². The van der Waals surface area contributed by atoms with Gasteiger partial charge in [0.05, 0.1) is 0 Å². The van der Waals surface area contributed by atoms with Crippen LogP contribution in [-0.2, 0) is 0 Å². The lowest BCUT2D eigenvalue weighted by molar-refractivity contribution is 0.151. The second kappa shape index (κ2) is 10.8. The van der Waals surface area contributed by atoms with Crippen LogP contribution < -0.4 is 11.5 Å². The Balaban J connectivity index is 2.05. The van der Waals surface area contributed by atoms with Crippen LogP contribution in [0.1, 0.15) is 128 Å². The van der Waals surface area contributed by atoms with Gasteiger partial charge in [-0.2, -0.15) is 0 Å². The van der Waals surface area contributed by atoms with E-state index < -0.39 is 0 Å². The number of hydrogen-bond donors (Lipinski definition) is 2. The summed E-state index contributed by atoms with van der Waals surface area (Å²) in [5.41, 5.74) is 14.0. The molecule has 0 saturated heterocycles. The van der Waals surface area contributed by atoms with Crippen LogP contribution in [0.25, 0.3) is 0 Å². The highest BCUT2D eigenvalue weighted by atomic mass is 14.9. The number of rotatable bonds is 1. The SMILES string of the molecule is NC1(C2(N)CCCCCCCCCC2)CCCCCCCCCC1. The molecule has 4 N–H and O–H groups in total. The molecule has 0 aromatic carbocycles. The molecule has 0 aromatic heterocycles. The third-order valence-corrected chi connectivity index (χ3v) is 6.98. The Bertz CT molecular complexity index is 270. The normalized spacial score (nSPS) is 28.2. The highest BCUT2D eigenvalue weighted by Crippen LogP contribution is 2.38. The molecule has 0 radical (unpaired) electrons. The van der Waals surface area contributed by atoms with Gasteiger partial charge in [0, 0.05) is 11.1 Å². The first-order chi connectivity index (χ1) is 11.7. The van der Waals surface area contributed by atoms with Crippen molar-refractivity contribution in [2.75, 3.05) is 0 Å². The van der Waals surface area contributed by atoms with Crippen molar-refractivity contribution in [1.29, 1.82) is 0 Å². The van der Waals surface area contributed by atoms with E-state index in [0.29, 0.717) is 0 Å². The molecule has 0 heterocycles. The molecule has 24 heavy (non-hydrogen) atoms. The molecule has 2 aliphatic carbocycles. The molecular formula is C22H44N2. The van der Waals surface area contributed by atoms with E-state index in [1.54, 1.807) is 0 Å². The Morgan fingerprint density at radius 3 is 0.667 bits per heavy atom. The molecule has 0 aliphatic heterocycles. The van der Waals surface area contributed by atoms with Crippen LogP contribution in [0.15, 0.2) is 0 Å². The first-order valence-corrected chi connectivity index (χ1v) is 11.2. The Hall–Kier alpha value is -0.0800. The minimum absolute atomic E-state index is 0.120. The highest BCUT2D eigenvalue weighted by molar-refractivity contribution is 5.06. The van der Waals surface area contributed by atoms with Gasteiger partial charge < -0.3 is 11.5 Å². The van der Waals surface area contributed by atoms with Gasteiger partial charge in [0.2, 0.25) is 0 Å². The molecule has 0 amide bonds. The lowest BCUT2D eigenvalue weighted by Gasteiger charge is -2.47. The Kier molecular flexibility index (Phi) is 9.11. The summed E-state index contributed by atoms with van der Waals surface area (Å²) in [6, 6.07) is 0. The summed E-state index contributed by atoms with van der Waals surface area (Å²) in [5, 5.41) is 0. The maximum Gasteiger partial charge on any atom is 0.0336 e. The van der Waals surface area contributed by atoms with Crippen LogP contribution in [0.2, 0.25) is 0 Å². The first kappa shape index (κ1) is 20.2. The van der Waals surface area contributed by atoms with Gasteiger partial charge >= 0.3 is 0 Å². The second-order valence-electron chi connectivity index (χ2n) is 8.97. The smallest absolute Gasteiger partial charge is 0.0336 e. The first-order valence-electron chi connectivity index (χ1n) is 11.2. The van der Waals surface area contributed by atoms with E-state index in [2.05, 4.69) is 0 Å². The minimum Gasteiger partial charge on any atom is -0.324 e. The Morgan fingerprint density at radius 2 is 0.458 bits per heavy atom. The van der Waals surface area contributed by atoms with E-state index in [1.165, 1.54) is 103 Å². The lowest BCUT2D eigenvalue weighted by atomic mass is 9.67. The fourth-order valence-corrected chi connectivity index (χ4v) is 5.13. The molecule has 142 valence electrons. The van der Waals surface area contributed by atoms with Gasteiger partial charge in [-0.1, -0.05) is 103 Å². The molecule has 2 fully saturated rings. The quantitative estimate of drug-likeness (QED) is 0.598. The molecule has 2 nitrogen and oxygen atoms in total. The van der Waals surface area contributed by atoms with Crippen molar-refractivity contribution in [1.82, 2.24) is 0 Å². The summed E-state index contributed by atoms with van der Waals surface area (Å²) in [5.74, 6) is 0. The summed E-state index contributed by atoms with van der Waals surface area (Å²) in [6.45, 7) is 0. The zero-order valence-corrected chi connectivity index (χ0v) is 16.3. The van der Waals surface area contributed by atoms with E-state index in [4.69, 9.17) is 11.5 Å². The van der Waals surface area contributed by atoms with Crippen molar-refractivity contribution in [3.8, 4) is 0 Å². The predicted molar refractivity (Wildman–Crippen MR) is 106 cm³/mol. The molecule has 0 spiro atoms. The van der Waals surface area contributed by atoms with Gasteiger partial charge in [0.1, 0.15) is 0 Å². The summed E-state index contributed by atoms with van der Waals surface area (Å²) < 4.78 is 0. The van der Waals surface area contributed by atoms with Crippen LogP contribution >= 0.6 is 0 Å². The van der Waals surface area contributed by atoms with Crippen molar-refractivity contribution in [2.45, 2.75) is 139 Å². The van der Waals surface area contributed by atoms with Gasteiger partial charge in [0.15, 0.2) is 0 Å². The highest BCUT2D eigenvalue weighted by Gasteiger charge is 2.43. The largest absolute Gasteiger partial charge is 0.324 e. The zero-order valence-electron chi connectivity index (χ0n) is 16.3. The average Bonchev–Trinajstić information content (AvgIpc) is 2.65. The molecule has 2 rings (SSSR count). The van der Waals surface area contributed by atoms with Crippen LogP contribution in [-0.4, -0.2) is 11.1 Å². The summed E-state index contributed by atoms with van der Waals surface area (Å²) >= 11 is 0. The van der Waals surface area contributed by atoms with Crippen molar-refractivity contribution in [2.24, 2.45) is 11.5 Å². The summed E-state index contributed by atoms with van der Waals surface area (Å²) in [6.07, 6.45) is 26.5. The molecule has 2 heteroatoms. The Labute approximate surface area is 151 Å². The fraction of sp³-hybridized carbons (Fsp3) is 1.00. The molecule has 2 aliphatic rings. The fourth-order valence-electron chi connectivity index (χ4n) is 5.13. The van der Waals surface area contributed by atoms with Crippen molar-refractivity contribution in [3.05, 3.63) is 0 Å². The van der Waals surface area contributed by atoms with Crippen LogP contribution in [0.4, 0.5) is 0 Å². The van der Waals surface area contributed by atoms with Gasteiger partial charge in [-0.3, -0.25) is 0 Å². The molecule has 0 unspecified atom stereocenters. The van der Waals surface area contributed by atoms with Crippen molar-refractivity contribution in [3.63, 3.8) is 0 Å².